The lowest BCUT2D eigenvalue weighted by molar-refractivity contribution is -0.131. The van der Waals surface area contributed by atoms with Crippen LogP contribution in [0.25, 0.3) is 10.9 Å². The van der Waals surface area contributed by atoms with E-state index in [9.17, 15) is 9.59 Å². The Balaban J connectivity index is 1.34. The van der Waals surface area contributed by atoms with Crippen LogP contribution in [0, 0.1) is 0 Å². The van der Waals surface area contributed by atoms with Crippen molar-refractivity contribution >= 4 is 16.8 Å². The van der Waals surface area contributed by atoms with Crippen molar-refractivity contribution in [2.24, 2.45) is 0 Å². The predicted molar refractivity (Wildman–Crippen MR) is 96.4 cm³/mol. The van der Waals surface area contributed by atoms with Crippen molar-refractivity contribution in [1.29, 1.82) is 0 Å². The highest BCUT2D eigenvalue weighted by molar-refractivity contribution is 5.77. The Labute approximate surface area is 146 Å². The number of carbonyl (C=O) groups is 1. The Hall–Kier alpha value is -2.21. The molecule has 2 atom stereocenters. The first kappa shape index (κ1) is 16.3. The third-order valence-electron chi connectivity index (χ3n) is 5.34. The van der Waals surface area contributed by atoms with Gasteiger partial charge in [0.25, 0.3) is 5.56 Å². The summed E-state index contributed by atoms with van der Waals surface area (Å²) < 4.78 is 0. The molecule has 2 aliphatic rings. The largest absolute Gasteiger partial charge is 0.341 e. The maximum Gasteiger partial charge on any atom is 0.258 e. The number of likely N-dealkylation sites (tertiary alicyclic amines) is 1. The van der Waals surface area contributed by atoms with Gasteiger partial charge in [0.1, 0.15) is 5.82 Å². The Morgan fingerprint density at radius 2 is 2.04 bits per heavy atom. The zero-order chi connectivity index (χ0) is 17.2. The maximum atomic E-state index is 12.5. The van der Waals surface area contributed by atoms with Crippen molar-refractivity contribution in [2.45, 2.75) is 50.6 Å². The van der Waals surface area contributed by atoms with Crippen molar-refractivity contribution in [3.8, 4) is 0 Å². The highest BCUT2D eigenvalue weighted by Gasteiger charge is 2.30. The van der Waals surface area contributed by atoms with Crippen LogP contribution in [0.15, 0.2) is 29.1 Å². The fourth-order valence-electron chi connectivity index (χ4n) is 3.99. The van der Waals surface area contributed by atoms with E-state index in [-0.39, 0.29) is 11.5 Å². The summed E-state index contributed by atoms with van der Waals surface area (Å²) in [5, 5.41) is 4.21. The highest BCUT2D eigenvalue weighted by Crippen LogP contribution is 2.21. The second-order valence-electron chi connectivity index (χ2n) is 7.15. The van der Waals surface area contributed by atoms with Crippen LogP contribution in [0.4, 0.5) is 0 Å². The number of H-pyrrole nitrogens is 1. The van der Waals surface area contributed by atoms with Gasteiger partial charge in [-0.05, 0) is 37.8 Å². The third-order valence-corrected chi connectivity index (χ3v) is 5.34. The average Bonchev–Trinajstić information content (AvgIpc) is 2.93. The number of rotatable bonds is 4. The average molecular weight is 340 g/mol. The van der Waals surface area contributed by atoms with Crippen molar-refractivity contribution < 1.29 is 4.79 Å². The van der Waals surface area contributed by atoms with Crippen LogP contribution in [0.5, 0.6) is 0 Å². The minimum absolute atomic E-state index is 0.110. The lowest BCUT2D eigenvalue weighted by Crippen LogP contribution is -2.39. The van der Waals surface area contributed by atoms with Crippen LogP contribution in [-0.4, -0.2) is 45.9 Å². The molecule has 6 nitrogen and oxygen atoms in total. The fraction of sp³-hybridized carbons (Fsp3) is 0.526. The van der Waals surface area contributed by atoms with Crippen LogP contribution in [0.2, 0.25) is 0 Å². The standard InChI is InChI=1S/C19H24N4O2/c24-18(23-11-10-13-8-9-14(12-23)20-13)7-3-6-17-21-16-5-2-1-4-15(16)19(25)22-17/h1-2,4-5,13-14,20H,3,6-12H2,(H,21,22,25). The number of aromatic nitrogens is 2. The summed E-state index contributed by atoms with van der Waals surface area (Å²) in [6, 6.07) is 8.39. The maximum absolute atomic E-state index is 12.5. The van der Waals surface area contributed by atoms with E-state index in [1.807, 2.05) is 23.1 Å². The number of carbonyl (C=O) groups excluding carboxylic acids is 1. The van der Waals surface area contributed by atoms with Gasteiger partial charge < -0.3 is 15.2 Å². The minimum Gasteiger partial charge on any atom is -0.341 e. The number of amides is 1. The summed E-state index contributed by atoms with van der Waals surface area (Å²) in [6.07, 6.45) is 5.31. The molecule has 0 spiro atoms. The van der Waals surface area contributed by atoms with E-state index in [0.717, 1.165) is 19.5 Å². The van der Waals surface area contributed by atoms with Crippen molar-refractivity contribution in [1.82, 2.24) is 20.2 Å². The number of aromatic amines is 1. The van der Waals surface area contributed by atoms with Gasteiger partial charge in [0.2, 0.25) is 5.91 Å². The topological polar surface area (TPSA) is 78.1 Å². The molecule has 25 heavy (non-hydrogen) atoms. The second kappa shape index (κ2) is 6.96. The normalized spacial score (nSPS) is 23.0. The molecule has 1 aromatic carbocycles. The number of nitrogens with zero attached hydrogens (tertiary/aromatic N) is 2. The molecule has 2 saturated heterocycles. The summed E-state index contributed by atoms with van der Waals surface area (Å²) in [4.78, 5) is 33.9. The third kappa shape index (κ3) is 3.58. The zero-order valence-electron chi connectivity index (χ0n) is 14.3. The lowest BCUT2D eigenvalue weighted by Gasteiger charge is -2.24. The molecule has 0 radical (unpaired) electrons. The van der Waals surface area contributed by atoms with Gasteiger partial charge in [-0.2, -0.15) is 0 Å². The molecule has 0 aliphatic carbocycles. The molecule has 2 unspecified atom stereocenters. The Morgan fingerprint density at radius 1 is 1.20 bits per heavy atom. The number of hydrogen-bond acceptors (Lipinski definition) is 4. The minimum atomic E-state index is -0.110. The number of benzene rings is 1. The van der Waals surface area contributed by atoms with E-state index in [4.69, 9.17) is 0 Å². The van der Waals surface area contributed by atoms with E-state index >= 15 is 0 Å². The molecule has 3 heterocycles. The predicted octanol–water partition coefficient (Wildman–Crippen LogP) is 1.60. The first-order valence-electron chi connectivity index (χ1n) is 9.21. The first-order chi connectivity index (χ1) is 12.2. The van der Waals surface area contributed by atoms with Crippen LogP contribution < -0.4 is 10.9 Å². The van der Waals surface area contributed by atoms with Gasteiger partial charge in [0.05, 0.1) is 10.9 Å². The SMILES string of the molecule is O=C(CCCc1nc2ccccc2c(=O)[nH]1)N1CCC2CCC(C1)N2. The van der Waals surface area contributed by atoms with E-state index in [1.54, 1.807) is 6.07 Å². The van der Waals surface area contributed by atoms with Crippen LogP contribution in [0.3, 0.4) is 0 Å². The Kier molecular flexibility index (Phi) is 4.53. The number of nitrogens with one attached hydrogen (secondary N) is 2. The number of aryl methyl sites for hydroxylation is 1. The second-order valence-corrected chi connectivity index (χ2v) is 7.15. The monoisotopic (exact) mass is 340 g/mol. The lowest BCUT2D eigenvalue weighted by atomic mass is 10.1. The van der Waals surface area contributed by atoms with E-state index < -0.39 is 0 Å². The summed E-state index contributed by atoms with van der Waals surface area (Å²) in [5.41, 5.74) is 0.601. The summed E-state index contributed by atoms with van der Waals surface area (Å²) in [5.74, 6) is 0.880. The van der Waals surface area contributed by atoms with Crippen molar-refractivity contribution in [3.05, 3.63) is 40.4 Å². The highest BCUT2D eigenvalue weighted by atomic mass is 16.2. The summed E-state index contributed by atoms with van der Waals surface area (Å²) in [6.45, 7) is 1.69. The van der Waals surface area contributed by atoms with Crippen molar-refractivity contribution in [3.63, 3.8) is 0 Å². The molecule has 1 amide bonds. The number of hydrogen-bond donors (Lipinski definition) is 2. The van der Waals surface area contributed by atoms with E-state index in [1.165, 1.54) is 12.8 Å². The van der Waals surface area contributed by atoms with Gasteiger partial charge in [-0.3, -0.25) is 9.59 Å². The molecule has 2 aliphatic heterocycles. The van der Waals surface area contributed by atoms with Gasteiger partial charge in [-0.1, -0.05) is 12.1 Å². The summed E-state index contributed by atoms with van der Waals surface area (Å²) >= 11 is 0. The molecule has 6 heteroatoms. The van der Waals surface area contributed by atoms with E-state index in [2.05, 4.69) is 15.3 Å². The fourth-order valence-corrected chi connectivity index (χ4v) is 3.99. The van der Waals surface area contributed by atoms with Crippen LogP contribution >= 0.6 is 0 Å². The molecule has 2 aromatic rings. The molecular formula is C19H24N4O2. The van der Waals surface area contributed by atoms with Gasteiger partial charge in [0, 0.05) is 38.0 Å². The Bertz CT molecular complexity index is 832. The van der Waals surface area contributed by atoms with E-state index in [0.29, 0.717) is 48.1 Å². The van der Waals surface area contributed by atoms with Crippen LogP contribution in [0.1, 0.15) is 37.9 Å². The smallest absolute Gasteiger partial charge is 0.258 e. The molecule has 1 aromatic heterocycles. The van der Waals surface area contributed by atoms with Gasteiger partial charge >= 0.3 is 0 Å². The van der Waals surface area contributed by atoms with Crippen LogP contribution in [-0.2, 0) is 11.2 Å². The quantitative estimate of drug-likeness (QED) is 0.886. The molecule has 132 valence electrons. The Morgan fingerprint density at radius 3 is 2.96 bits per heavy atom. The van der Waals surface area contributed by atoms with Crippen molar-refractivity contribution in [2.75, 3.05) is 13.1 Å². The molecule has 2 fully saturated rings. The molecule has 0 saturated carbocycles. The van der Waals surface area contributed by atoms with Gasteiger partial charge in [0.15, 0.2) is 0 Å². The van der Waals surface area contributed by atoms with Gasteiger partial charge in [-0.15, -0.1) is 0 Å². The van der Waals surface area contributed by atoms with Gasteiger partial charge in [-0.25, -0.2) is 4.98 Å². The zero-order valence-corrected chi connectivity index (χ0v) is 14.3. The molecular weight excluding hydrogens is 316 g/mol. The molecule has 2 bridgehead atoms. The summed E-state index contributed by atoms with van der Waals surface area (Å²) in [7, 11) is 0. The molecule has 4 rings (SSSR count). The molecule has 2 N–H and O–H groups in total. The number of fused-ring (bicyclic) bond motifs is 3. The first-order valence-corrected chi connectivity index (χ1v) is 9.21. The number of para-hydroxylation sites is 1.